The van der Waals surface area contributed by atoms with Crippen molar-refractivity contribution >= 4 is 11.7 Å². The van der Waals surface area contributed by atoms with Gasteiger partial charge in [-0.05, 0) is 6.07 Å². The Kier molecular flexibility index (Phi) is 3.72. The highest BCUT2D eigenvalue weighted by Crippen LogP contribution is 1.99. The smallest absolute Gasteiger partial charge is 0.271 e. The Balaban J connectivity index is 1.95. The molecule has 0 radical (unpaired) electrons. The Morgan fingerprint density at radius 2 is 2.17 bits per heavy atom. The van der Waals surface area contributed by atoms with Gasteiger partial charge in [0.05, 0.1) is 24.6 Å². The maximum atomic E-state index is 11.7. The van der Waals surface area contributed by atoms with E-state index in [1.165, 1.54) is 18.7 Å². The number of anilines is 1. The normalized spacial score (nSPS) is 9.83. The fourth-order valence-electron chi connectivity index (χ4n) is 1.20. The maximum absolute atomic E-state index is 11.7. The molecule has 4 N–H and O–H groups in total. The molecule has 0 aliphatic carbocycles. The molecule has 0 aliphatic rings. The van der Waals surface area contributed by atoms with E-state index in [0.29, 0.717) is 18.1 Å². The summed E-state index contributed by atoms with van der Waals surface area (Å²) in [7, 11) is 0. The molecule has 0 unspecified atom stereocenters. The van der Waals surface area contributed by atoms with Gasteiger partial charge in [0, 0.05) is 6.20 Å². The second-order valence-corrected chi connectivity index (χ2v) is 3.31. The van der Waals surface area contributed by atoms with Crippen LogP contribution in [0.3, 0.4) is 0 Å². The van der Waals surface area contributed by atoms with E-state index in [4.69, 9.17) is 5.84 Å². The molecule has 0 fully saturated rings. The molecule has 8 heteroatoms. The molecule has 2 aromatic heterocycles. The average Bonchev–Trinajstić information content (AvgIpc) is 2.46. The van der Waals surface area contributed by atoms with Crippen LogP contribution < -0.4 is 16.6 Å². The summed E-state index contributed by atoms with van der Waals surface area (Å²) in [6.45, 7) is 0.305. The van der Waals surface area contributed by atoms with Crippen molar-refractivity contribution in [3.8, 4) is 0 Å². The van der Waals surface area contributed by atoms with E-state index < -0.39 is 0 Å². The maximum Gasteiger partial charge on any atom is 0.271 e. The minimum absolute atomic E-state index is 0.211. The molecular weight excluding hydrogens is 234 g/mol. The SMILES string of the molecule is NNc1cnc(C(=O)NCc2ccncn2)cn1. The van der Waals surface area contributed by atoms with Crippen molar-refractivity contribution in [2.75, 3.05) is 5.43 Å². The molecule has 0 bridgehead atoms. The molecule has 8 nitrogen and oxygen atoms in total. The highest BCUT2D eigenvalue weighted by Gasteiger charge is 2.07. The van der Waals surface area contributed by atoms with Gasteiger partial charge >= 0.3 is 0 Å². The first kappa shape index (κ1) is 11.9. The molecule has 1 amide bonds. The number of hydrogen-bond acceptors (Lipinski definition) is 7. The number of hydrazine groups is 1. The number of carbonyl (C=O) groups is 1. The summed E-state index contributed by atoms with van der Waals surface area (Å²) >= 11 is 0. The monoisotopic (exact) mass is 245 g/mol. The minimum Gasteiger partial charge on any atom is -0.345 e. The van der Waals surface area contributed by atoms with Crippen molar-refractivity contribution in [1.29, 1.82) is 0 Å². The average molecular weight is 245 g/mol. The zero-order valence-electron chi connectivity index (χ0n) is 9.37. The second kappa shape index (κ2) is 5.64. The molecule has 0 saturated carbocycles. The largest absolute Gasteiger partial charge is 0.345 e. The molecule has 0 atom stereocenters. The van der Waals surface area contributed by atoms with E-state index >= 15 is 0 Å². The van der Waals surface area contributed by atoms with Gasteiger partial charge in [-0.15, -0.1) is 0 Å². The van der Waals surface area contributed by atoms with Crippen LogP contribution in [0.1, 0.15) is 16.2 Å². The summed E-state index contributed by atoms with van der Waals surface area (Å²) in [5.41, 5.74) is 3.25. The number of nitrogen functional groups attached to an aromatic ring is 1. The van der Waals surface area contributed by atoms with E-state index in [0.717, 1.165) is 0 Å². The Labute approximate surface area is 103 Å². The third-order valence-corrected chi connectivity index (χ3v) is 2.11. The minimum atomic E-state index is -0.329. The van der Waals surface area contributed by atoms with E-state index in [2.05, 4.69) is 30.7 Å². The summed E-state index contributed by atoms with van der Waals surface area (Å²) in [6.07, 6.45) is 5.74. The van der Waals surface area contributed by atoms with Gasteiger partial charge in [0.2, 0.25) is 0 Å². The van der Waals surface area contributed by atoms with Crippen LogP contribution in [0.2, 0.25) is 0 Å². The first-order valence-electron chi connectivity index (χ1n) is 5.11. The third-order valence-electron chi connectivity index (χ3n) is 2.11. The van der Waals surface area contributed by atoms with Crippen LogP contribution in [0.5, 0.6) is 0 Å². The van der Waals surface area contributed by atoms with Crippen molar-refractivity contribution < 1.29 is 4.79 Å². The lowest BCUT2D eigenvalue weighted by Crippen LogP contribution is -2.24. The number of aromatic nitrogens is 4. The van der Waals surface area contributed by atoms with Gasteiger partial charge in [-0.1, -0.05) is 0 Å². The molecule has 0 spiro atoms. The summed E-state index contributed by atoms with van der Waals surface area (Å²) in [5.74, 6) is 5.21. The molecule has 2 rings (SSSR count). The van der Waals surface area contributed by atoms with E-state index in [1.54, 1.807) is 12.3 Å². The quantitative estimate of drug-likeness (QED) is 0.490. The fourth-order valence-corrected chi connectivity index (χ4v) is 1.20. The van der Waals surface area contributed by atoms with Crippen LogP contribution in [0.4, 0.5) is 5.82 Å². The van der Waals surface area contributed by atoms with Crippen molar-refractivity contribution in [1.82, 2.24) is 25.3 Å². The molecule has 0 aliphatic heterocycles. The lowest BCUT2D eigenvalue weighted by Gasteiger charge is -2.04. The molecule has 18 heavy (non-hydrogen) atoms. The number of nitrogens with two attached hydrogens (primary N) is 1. The summed E-state index contributed by atoms with van der Waals surface area (Å²) in [4.78, 5) is 27.3. The standard InChI is InChI=1S/C10H11N7O/c11-17-9-5-13-8(4-14-9)10(18)15-3-7-1-2-12-6-16-7/h1-2,4-6H,3,11H2,(H,14,17)(H,15,18). The highest BCUT2D eigenvalue weighted by molar-refractivity contribution is 5.91. The number of rotatable bonds is 4. The number of carbonyl (C=O) groups excluding carboxylic acids is 1. The van der Waals surface area contributed by atoms with Gasteiger partial charge in [0.25, 0.3) is 5.91 Å². The van der Waals surface area contributed by atoms with Gasteiger partial charge in [-0.25, -0.2) is 25.8 Å². The number of nitrogens with one attached hydrogen (secondary N) is 2. The van der Waals surface area contributed by atoms with Crippen molar-refractivity contribution in [2.45, 2.75) is 6.54 Å². The first-order chi connectivity index (χ1) is 8.79. The topological polar surface area (TPSA) is 119 Å². The first-order valence-corrected chi connectivity index (χ1v) is 5.11. The van der Waals surface area contributed by atoms with Crippen LogP contribution in [0.15, 0.2) is 31.0 Å². The summed E-state index contributed by atoms with van der Waals surface area (Å²) in [6, 6.07) is 1.72. The Morgan fingerprint density at radius 3 is 2.78 bits per heavy atom. The van der Waals surface area contributed by atoms with Gasteiger partial charge in [0.15, 0.2) is 5.82 Å². The molecule has 2 aromatic rings. The van der Waals surface area contributed by atoms with Crippen molar-refractivity contribution in [2.24, 2.45) is 5.84 Å². The zero-order valence-corrected chi connectivity index (χ0v) is 9.37. The lowest BCUT2D eigenvalue weighted by atomic mass is 10.3. The van der Waals surface area contributed by atoms with Gasteiger partial charge in [-0.2, -0.15) is 0 Å². The Hall–Kier alpha value is -2.61. The Morgan fingerprint density at radius 1 is 1.28 bits per heavy atom. The number of amides is 1. The van der Waals surface area contributed by atoms with Gasteiger partial charge < -0.3 is 10.7 Å². The molecular formula is C10H11N7O. The van der Waals surface area contributed by atoms with Crippen LogP contribution >= 0.6 is 0 Å². The van der Waals surface area contributed by atoms with Crippen LogP contribution in [0.25, 0.3) is 0 Å². The molecule has 0 saturated heterocycles. The predicted octanol–water partition coefficient (Wildman–Crippen LogP) is -0.518. The third kappa shape index (κ3) is 2.95. The second-order valence-electron chi connectivity index (χ2n) is 3.31. The van der Waals surface area contributed by atoms with E-state index in [-0.39, 0.29) is 11.6 Å². The lowest BCUT2D eigenvalue weighted by molar-refractivity contribution is 0.0945. The predicted molar refractivity (Wildman–Crippen MR) is 63.0 cm³/mol. The van der Waals surface area contributed by atoms with E-state index in [1.807, 2.05) is 0 Å². The Bertz CT molecular complexity index is 514. The molecule has 92 valence electrons. The number of hydrogen-bond donors (Lipinski definition) is 3. The van der Waals surface area contributed by atoms with Crippen LogP contribution in [-0.4, -0.2) is 25.8 Å². The highest BCUT2D eigenvalue weighted by atomic mass is 16.1. The van der Waals surface area contributed by atoms with Crippen molar-refractivity contribution in [3.63, 3.8) is 0 Å². The van der Waals surface area contributed by atoms with E-state index in [9.17, 15) is 4.79 Å². The van der Waals surface area contributed by atoms with Crippen LogP contribution in [0, 0.1) is 0 Å². The van der Waals surface area contributed by atoms with Gasteiger partial charge in [0.1, 0.15) is 12.0 Å². The zero-order chi connectivity index (χ0) is 12.8. The molecule has 0 aromatic carbocycles. The van der Waals surface area contributed by atoms with Crippen molar-refractivity contribution in [3.05, 3.63) is 42.4 Å². The van der Waals surface area contributed by atoms with Gasteiger partial charge in [-0.3, -0.25) is 4.79 Å². The summed E-state index contributed by atoms with van der Waals surface area (Å²) in [5, 5.41) is 2.67. The number of nitrogens with zero attached hydrogens (tertiary/aromatic N) is 4. The summed E-state index contributed by atoms with van der Waals surface area (Å²) < 4.78 is 0. The molecule has 2 heterocycles. The fraction of sp³-hybridized carbons (Fsp3) is 0.100. The van der Waals surface area contributed by atoms with Crippen LogP contribution in [-0.2, 0) is 6.54 Å².